The Labute approximate surface area is 131 Å². The number of likely N-dealkylation sites (tertiary alicyclic amines) is 1. The predicted octanol–water partition coefficient (Wildman–Crippen LogP) is 2.82. The van der Waals surface area contributed by atoms with Crippen LogP contribution >= 0.6 is 15.9 Å². The van der Waals surface area contributed by atoms with Crippen molar-refractivity contribution in [2.75, 3.05) is 25.5 Å². The second-order valence-electron chi connectivity index (χ2n) is 6.05. The number of fused-ring (bicyclic) bond motifs is 2. The molecule has 1 aliphatic heterocycles. The Bertz CT molecular complexity index is 750. The number of nitriles is 1. The summed E-state index contributed by atoms with van der Waals surface area (Å²) in [6, 6.07) is 4.26. The van der Waals surface area contributed by atoms with Crippen molar-refractivity contribution in [2.24, 2.45) is 11.8 Å². The molecule has 3 heterocycles. The number of furan rings is 1. The van der Waals surface area contributed by atoms with E-state index in [1.807, 2.05) is 6.07 Å². The molecule has 1 saturated carbocycles. The van der Waals surface area contributed by atoms with Crippen LogP contribution in [0.1, 0.15) is 12.2 Å². The topological polar surface area (TPSA) is 65.1 Å². The second-order valence-corrected chi connectivity index (χ2v) is 6.85. The summed E-state index contributed by atoms with van der Waals surface area (Å²) in [6.45, 7) is 2.37. The van der Waals surface area contributed by atoms with Gasteiger partial charge in [0.1, 0.15) is 11.9 Å². The number of rotatable bonds is 2. The van der Waals surface area contributed by atoms with E-state index in [0.717, 1.165) is 34.1 Å². The molecule has 108 valence electrons. The first-order valence-corrected chi connectivity index (χ1v) is 7.88. The number of hydrogen-bond acceptors (Lipinski definition) is 5. The molecular formula is C15H15BrN4O. The van der Waals surface area contributed by atoms with Gasteiger partial charge in [0, 0.05) is 30.6 Å². The van der Waals surface area contributed by atoms with E-state index in [4.69, 9.17) is 9.68 Å². The number of halogens is 1. The van der Waals surface area contributed by atoms with Crippen LogP contribution in [0, 0.1) is 23.2 Å². The first-order valence-electron chi connectivity index (χ1n) is 7.09. The molecule has 2 aromatic heterocycles. The largest absolute Gasteiger partial charge is 0.444 e. The van der Waals surface area contributed by atoms with Crippen molar-refractivity contribution < 1.29 is 4.42 Å². The molecule has 4 rings (SSSR count). The van der Waals surface area contributed by atoms with Gasteiger partial charge in [-0.2, -0.15) is 5.26 Å². The van der Waals surface area contributed by atoms with Crippen molar-refractivity contribution in [1.82, 2.24) is 9.88 Å². The van der Waals surface area contributed by atoms with Crippen LogP contribution in [0.2, 0.25) is 0 Å². The minimum Gasteiger partial charge on any atom is -0.444 e. The number of anilines is 1. The minimum absolute atomic E-state index is 0.311. The number of pyridine rings is 1. The quantitative estimate of drug-likeness (QED) is 0.905. The van der Waals surface area contributed by atoms with Gasteiger partial charge in [0.25, 0.3) is 0 Å². The summed E-state index contributed by atoms with van der Waals surface area (Å²) in [6.07, 6.45) is 2.89. The summed E-state index contributed by atoms with van der Waals surface area (Å²) < 4.78 is 6.27. The highest BCUT2D eigenvalue weighted by Gasteiger charge is 2.46. The van der Waals surface area contributed by atoms with Crippen molar-refractivity contribution in [3.05, 3.63) is 22.5 Å². The summed E-state index contributed by atoms with van der Waals surface area (Å²) in [4.78, 5) is 6.84. The Morgan fingerprint density at radius 2 is 2.38 bits per heavy atom. The van der Waals surface area contributed by atoms with Crippen molar-refractivity contribution in [2.45, 2.75) is 12.5 Å². The molecule has 2 aliphatic rings. The Balaban J connectivity index is 1.60. The summed E-state index contributed by atoms with van der Waals surface area (Å²) in [5.74, 6) is 2.70. The average molecular weight is 347 g/mol. The van der Waals surface area contributed by atoms with E-state index in [2.05, 4.69) is 38.2 Å². The van der Waals surface area contributed by atoms with Crippen molar-refractivity contribution in [3.8, 4) is 6.07 Å². The van der Waals surface area contributed by atoms with Gasteiger partial charge in [0.15, 0.2) is 5.58 Å². The molecule has 1 saturated heterocycles. The summed E-state index contributed by atoms with van der Waals surface area (Å²) >= 11 is 3.59. The summed E-state index contributed by atoms with van der Waals surface area (Å²) in [5.41, 5.74) is 0.635. The lowest BCUT2D eigenvalue weighted by Crippen LogP contribution is -2.45. The fraction of sp³-hybridized carbons (Fsp3) is 0.467. The third kappa shape index (κ3) is 2.03. The molecule has 2 aromatic rings. The molecule has 3 atom stereocenters. The number of aromatic nitrogens is 1. The van der Waals surface area contributed by atoms with E-state index in [1.165, 1.54) is 13.0 Å². The monoisotopic (exact) mass is 346 g/mol. The van der Waals surface area contributed by atoms with Crippen LogP contribution in [-0.2, 0) is 0 Å². The molecule has 1 N–H and O–H groups in total. The lowest BCUT2D eigenvalue weighted by molar-refractivity contribution is 0.210. The van der Waals surface area contributed by atoms with Crippen LogP contribution in [0.4, 0.5) is 5.82 Å². The number of nitrogens with zero attached hydrogens (tertiary/aromatic N) is 3. The van der Waals surface area contributed by atoms with E-state index >= 15 is 0 Å². The smallest absolute Gasteiger partial charge is 0.204 e. The lowest BCUT2D eigenvalue weighted by atomic mass is 9.71. The first kappa shape index (κ1) is 13.1. The SMILES string of the molecule is CN1CC2CC(Nc3ncc4oc(C#N)cc4c3Br)C2C1. The standard InChI is InChI=1S/C15H15BrN4O/c1-20-6-8-2-12(11(8)7-20)19-15-14(16)10-3-9(4-17)21-13(10)5-18-15/h3,5,8,11-12H,2,6-7H2,1H3,(H,18,19). The predicted molar refractivity (Wildman–Crippen MR) is 82.9 cm³/mol. The van der Waals surface area contributed by atoms with E-state index in [9.17, 15) is 0 Å². The second kappa shape index (κ2) is 4.72. The number of nitrogens with one attached hydrogen (secondary N) is 1. The zero-order valence-electron chi connectivity index (χ0n) is 11.6. The van der Waals surface area contributed by atoms with Crippen molar-refractivity contribution in [3.63, 3.8) is 0 Å². The highest BCUT2D eigenvalue weighted by molar-refractivity contribution is 9.10. The van der Waals surface area contributed by atoms with Gasteiger partial charge < -0.3 is 14.6 Å². The maximum atomic E-state index is 8.92. The maximum absolute atomic E-state index is 8.92. The van der Waals surface area contributed by atoms with Gasteiger partial charge in [-0.1, -0.05) is 0 Å². The summed E-state index contributed by atoms with van der Waals surface area (Å²) in [5, 5.41) is 13.4. The minimum atomic E-state index is 0.311. The highest BCUT2D eigenvalue weighted by atomic mass is 79.9. The van der Waals surface area contributed by atoms with Crippen molar-refractivity contribution in [1.29, 1.82) is 5.26 Å². The zero-order chi connectivity index (χ0) is 14.6. The molecule has 0 amide bonds. The van der Waals surface area contributed by atoms with E-state index in [0.29, 0.717) is 17.4 Å². The third-order valence-corrected chi connectivity index (χ3v) is 5.50. The molecule has 1 aliphatic carbocycles. The molecule has 3 unspecified atom stereocenters. The fourth-order valence-corrected chi connectivity index (χ4v) is 4.13. The van der Waals surface area contributed by atoms with Gasteiger partial charge in [-0.05, 0) is 41.2 Å². The molecule has 0 aromatic carbocycles. The molecule has 2 fully saturated rings. The zero-order valence-corrected chi connectivity index (χ0v) is 13.2. The Kier molecular flexibility index (Phi) is 2.95. The molecule has 0 bridgehead atoms. The molecule has 5 nitrogen and oxygen atoms in total. The third-order valence-electron chi connectivity index (χ3n) is 4.70. The van der Waals surface area contributed by atoms with Gasteiger partial charge in [-0.3, -0.25) is 0 Å². The van der Waals surface area contributed by atoms with Crippen LogP contribution in [-0.4, -0.2) is 36.1 Å². The van der Waals surface area contributed by atoms with Gasteiger partial charge in [-0.15, -0.1) is 0 Å². The van der Waals surface area contributed by atoms with E-state index in [-0.39, 0.29) is 0 Å². The maximum Gasteiger partial charge on any atom is 0.204 e. The average Bonchev–Trinajstić information content (AvgIpc) is 3.01. The van der Waals surface area contributed by atoms with Crippen LogP contribution < -0.4 is 5.32 Å². The molecule has 6 heteroatoms. The first-order chi connectivity index (χ1) is 10.2. The van der Waals surface area contributed by atoms with E-state index < -0.39 is 0 Å². The molecule has 21 heavy (non-hydrogen) atoms. The lowest BCUT2D eigenvalue weighted by Gasteiger charge is -2.40. The molecular weight excluding hydrogens is 332 g/mol. The Morgan fingerprint density at radius 3 is 3.14 bits per heavy atom. The van der Waals surface area contributed by atoms with Gasteiger partial charge >= 0.3 is 0 Å². The highest BCUT2D eigenvalue weighted by Crippen LogP contribution is 2.43. The normalized spacial score (nSPS) is 28.1. The van der Waals surface area contributed by atoms with E-state index in [1.54, 1.807) is 12.3 Å². The van der Waals surface area contributed by atoms with Gasteiger partial charge in [-0.25, -0.2) is 4.98 Å². The van der Waals surface area contributed by atoms with Crippen molar-refractivity contribution >= 4 is 32.7 Å². The van der Waals surface area contributed by atoms with Gasteiger partial charge in [0.05, 0.1) is 10.7 Å². The van der Waals surface area contributed by atoms with Crippen LogP contribution in [0.5, 0.6) is 0 Å². The fourth-order valence-electron chi connectivity index (χ4n) is 3.61. The Hall–Kier alpha value is -1.58. The molecule has 0 spiro atoms. The summed E-state index contributed by atoms with van der Waals surface area (Å²) in [7, 11) is 2.19. The van der Waals surface area contributed by atoms with Crippen LogP contribution in [0.15, 0.2) is 21.2 Å². The van der Waals surface area contributed by atoms with Crippen LogP contribution in [0.3, 0.4) is 0 Å². The van der Waals surface area contributed by atoms with Gasteiger partial charge in [0.2, 0.25) is 5.76 Å². The van der Waals surface area contributed by atoms with Crippen LogP contribution in [0.25, 0.3) is 11.0 Å². The Morgan fingerprint density at radius 1 is 1.52 bits per heavy atom. The molecule has 0 radical (unpaired) electrons. The number of hydrogen-bond donors (Lipinski definition) is 1.